The fourth-order valence-corrected chi connectivity index (χ4v) is 4.32. The van der Waals surface area contributed by atoms with E-state index in [4.69, 9.17) is 0 Å². The fourth-order valence-electron chi connectivity index (χ4n) is 3.16. The molecule has 0 bridgehead atoms. The Morgan fingerprint density at radius 2 is 2.08 bits per heavy atom. The molecule has 6 heteroatoms. The van der Waals surface area contributed by atoms with E-state index in [1.165, 1.54) is 11.3 Å². The van der Waals surface area contributed by atoms with Crippen molar-refractivity contribution >= 4 is 22.4 Å². The molecule has 0 aliphatic heterocycles. The van der Waals surface area contributed by atoms with Crippen LogP contribution in [0.2, 0.25) is 0 Å². The second-order valence-corrected chi connectivity index (χ2v) is 7.71. The summed E-state index contributed by atoms with van der Waals surface area (Å²) in [5, 5.41) is 7.93. The van der Waals surface area contributed by atoms with E-state index in [1.807, 2.05) is 41.9 Å². The summed E-state index contributed by atoms with van der Waals surface area (Å²) >= 11 is 1.61. The van der Waals surface area contributed by atoms with Gasteiger partial charge in [-0.1, -0.05) is 6.92 Å². The molecule has 0 radical (unpaired) electrons. The van der Waals surface area contributed by atoms with Gasteiger partial charge in [0.05, 0.1) is 11.4 Å². The van der Waals surface area contributed by atoms with E-state index in [-0.39, 0.29) is 5.91 Å². The Morgan fingerprint density at radius 1 is 1.28 bits per heavy atom. The normalized spacial score (nSPS) is 16.5. The second-order valence-electron chi connectivity index (χ2n) is 6.62. The molecule has 1 aliphatic rings. The quantitative estimate of drug-likeness (QED) is 0.775. The lowest BCUT2D eigenvalue weighted by molar-refractivity contribution is 0.102. The molecular weight excluding hydrogens is 332 g/mol. The number of carbonyl (C=O) groups is 1. The van der Waals surface area contributed by atoms with Crippen LogP contribution in [0.1, 0.15) is 40.0 Å². The number of carbonyl (C=O) groups excluding carboxylic acids is 1. The number of fused-ring (bicyclic) bond motifs is 1. The van der Waals surface area contributed by atoms with E-state index in [0.717, 1.165) is 29.9 Å². The molecule has 0 saturated heterocycles. The van der Waals surface area contributed by atoms with Gasteiger partial charge in [0.25, 0.3) is 5.91 Å². The summed E-state index contributed by atoms with van der Waals surface area (Å²) in [6.07, 6.45) is 5.03. The van der Waals surface area contributed by atoms with Gasteiger partial charge in [-0.2, -0.15) is 5.10 Å². The molecule has 0 fully saturated rings. The standard InChI is InChI=1S/C19H20N4OS/c1-12-3-8-16-17(11-12)25-19(21-16)22-18(24)14-4-6-15(7-5-14)23-13(2)9-10-20-23/h4-7,9-10,12H,3,8,11H2,1-2H3,(H,21,22,24). The molecule has 1 amide bonds. The Bertz CT molecular complexity index is 910. The van der Waals surface area contributed by atoms with Crippen LogP contribution >= 0.6 is 11.3 Å². The van der Waals surface area contributed by atoms with Crippen molar-refractivity contribution in [2.24, 2.45) is 5.92 Å². The molecule has 1 atom stereocenters. The molecule has 0 spiro atoms. The van der Waals surface area contributed by atoms with Crippen molar-refractivity contribution in [2.75, 3.05) is 5.32 Å². The van der Waals surface area contributed by atoms with Crippen LogP contribution in [0, 0.1) is 12.8 Å². The van der Waals surface area contributed by atoms with Crippen LogP contribution in [-0.2, 0) is 12.8 Å². The molecule has 2 heterocycles. The third kappa shape index (κ3) is 3.22. The van der Waals surface area contributed by atoms with E-state index in [9.17, 15) is 4.79 Å². The lowest BCUT2D eigenvalue weighted by Crippen LogP contribution is -2.12. The van der Waals surface area contributed by atoms with Crippen molar-refractivity contribution in [2.45, 2.75) is 33.1 Å². The predicted octanol–water partition coefficient (Wildman–Crippen LogP) is 4.01. The molecule has 1 N–H and O–H groups in total. The van der Waals surface area contributed by atoms with Gasteiger partial charge in [-0.15, -0.1) is 11.3 Å². The zero-order valence-electron chi connectivity index (χ0n) is 14.3. The smallest absolute Gasteiger partial charge is 0.257 e. The summed E-state index contributed by atoms with van der Waals surface area (Å²) in [4.78, 5) is 18.4. The number of aryl methyl sites for hydroxylation is 2. The lowest BCUT2D eigenvalue weighted by Gasteiger charge is -2.15. The van der Waals surface area contributed by atoms with Crippen LogP contribution in [0.15, 0.2) is 36.5 Å². The van der Waals surface area contributed by atoms with Gasteiger partial charge in [0.1, 0.15) is 0 Å². The number of hydrogen-bond donors (Lipinski definition) is 1. The van der Waals surface area contributed by atoms with E-state index in [0.29, 0.717) is 16.6 Å². The number of nitrogens with zero attached hydrogens (tertiary/aromatic N) is 3. The summed E-state index contributed by atoms with van der Waals surface area (Å²) in [7, 11) is 0. The van der Waals surface area contributed by atoms with Crippen molar-refractivity contribution in [3.63, 3.8) is 0 Å². The number of nitrogens with one attached hydrogen (secondary N) is 1. The van der Waals surface area contributed by atoms with Gasteiger partial charge in [-0.05, 0) is 62.4 Å². The van der Waals surface area contributed by atoms with Crippen LogP contribution < -0.4 is 5.32 Å². The van der Waals surface area contributed by atoms with Gasteiger partial charge in [-0.3, -0.25) is 10.1 Å². The van der Waals surface area contributed by atoms with Crippen molar-refractivity contribution in [3.8, 4) is 5.69 Å². The van der Waals surface area contributed by atoms with Crippen molar-refractivity contribution in [1.82, 2.24) is 14.8 Å². The molecule has 1 aliphatic carbocycles. The molecule has 3 aromatic rings. The van der Waals surface area contributed by atoms with E-state index in [2.05, 4.69) is 22.3 Å². The molecule has 25 heavy (non-hydrogen) atoms. The summed E-state index contributed by atoms with van der Waals surface area (Å²) < 4.78 is 1.84. The number of benzene rings is 1. The highest BCUT2D eigenvalue weighted by Gasteiger charge is 2.20. The van der Waals surface area contributed by atoms with E-state index >= 15 is 0 Å². The minimum absolute atomic E-state index is 0.122. The Balaban J connectivity index is 1.49. The fraction of sp³-hybridized carbons (Fsp3) is 0.316. The highest BCUT2D eigenvalue weighted by Crippen LogP contribution is 2.32. The Hall–Kier alpha value is -2.47. The number of hydrogen-bond acceptors (Lipinski definition) is 4. The molecule has 1 aromatic carbocycles. The first-order valence-corrected chi connectivity index (χ1v) is 9.33. The highest BCUT2D eigenvalue weighted by atomic mass is 32.1. The van der Waals surface area contributed by atoms with E-state index in [1.54, 1.807) is 17.5 Å². The largest absolute Gasteiger partial charge is 0.298 e. The number of rotatable bonds is 3. The van der Waals surface area contributed by atoms with Gasteiger partial charge >= 0.3 is 0 Å². The molecule has 4 rings (SSSR count). The Labute approximate surface area is 150 Å². The predicted molar refractivity (Wildman–Crippen MR) is 99.6 cm³/mol. The van der Waals surface area contributed by atoms with Crippen molar-refractivity contribution in [3.05, 3.63) is 58.4 Å². The Kier molecular flexibility index (Phi) is 4.13. The second kappa shape index (κ2) is 6.44. The number of amides is 1. The highest BCUT2D eigenvalue weighted by molar-refractivity contribution is 7.15. The third-order valence-electron chi connectivity index (χ3n) is 4.61. The molecule has 2 aromatic heterocycles. The van der Waals surface area contributed by atoms with Gasteiger partial charge in [0.2, 0.25) is 0 Å². The van der Waals surface area contributed by atoms with E-state index < -0.39 is 0 Å². The summed E-state index contributed by atoms with van der Waals surface area (Å²) in [5.41, 5.74) is 3.77. The molecule has 0 saturated carbocycles. The monoisotopic (exact) mass is 352 g/mol. The SMILES string of the molecule is Cc1ccnn1-c1ccc(C(=O)Nc2nc3c(s2)CC(C)CC3)cc1. The first-order chi connectivity index (χ1) is 12.1. The van der Waals surface area contributed by atoms with Crippen molar-refractivity contribution < 1.29 is 4.79 Å². The van der Waals surface area contributed by atoms with Crippen LogP contribution in [0.3, 0.4) is 0 Å². The van der Waals surface area contributed by atoms with Gasteiger partial charge in [0.15, 0.2) is 5.13 Å². The molecule has 128 valence electrons. The maximum atomic E-state index is 12.5. The van der Waals surface area contributed by atoms with Crippen molar-refractivity contribution in [1.29, 1.82) is 0 Å². The molecular formula is C19H20N4OS. The first-order valence-electron chi connectivity index (χ1n) is 8.51. The average molecular weight is 352 g/mol. The topological polar surface area (TPSA) is 59.8 Å². The lowest BCUT2D eigenvalue weighted by atomic mass is 9.93. The minimum Gasteiger partial charge on any atom is -0.298 e. The summed E-state index contributed by atoms with van der Waals surface area (Å²) in [6.45, 7) is 4.27. The maximum Gasteiger partial charge on any atom is 0.257 e. The third-order valence-corrected chi connectivity index (χ3v) is 5.65. The average Bonchev–Trinajstić information content (AvgIpc) is 3.20. The number of anilines is 1. The van der Waals surface area contributed by atoms with Gasteiger partial charge in [0, 0.05) is 22.3 Å². The first kappa shape index (κ1) is 16.0. The Morgan fingerprint density at radius 3 is 2.80 bits per heavy atom. The van der Waals surface area contributed by atoms with Crippen LogP contribution in [-0.4, -0.2) is 20.7 Å². The molecule has 1 unspecified atom stereocenters. The maximum absolute atomic E-state index is 12.5. The summed E-state index contributed by atoms with van der Waals surface area (Å²) in [6, 6.07) is 9.40. The minimum atomic E-state index is -0.122. The zero-order chi connectivity index (χ0) is 17.4. The van der Waals surface area contributed by atoms with Crippen LogP contribution in [0.25, 0.3) is 5.69 Å². The van der Waals surface area contributed by atoms with Crippen LogP contribution in [0.5, 0.6) is 0 Å². The zero-order valence-corrected chi connectivity index (χ0v) is 15.1. The van der Waals surface area contributed by atoms with Gasteiger partial charge in [-0.25, -0.2) is 9.67 Å². The van der Waals surface area contributed by atoms with Crippen LogP contribution in [0.4, 0.5) is 5.13 Å². The van der Waals surface area contributed by atoms with Gasteiger partial charge < -0.3 is 0 Å². The number of thiazole rings is 1. The number of aromatic nitrogens is 3. The molecule has 5 nitrogen and oxygen atoms in total. The summed E-state index contributed by atoms with van der Waals surface area (Å²) in [5.74, 6) is 0.581.